The third-order valence-corrected chi connectivity index (χ3v) is 4.04. The lowest BCUT2D eigenvalue weighted by Crippen LogP contribution is -2.20. The first-order chi connectivity index (χ1) is 9.52. The molecule has 0 bridgehead atoms. The van der Waals surface area contributed by atoms with E-state index >= 15 is 0 Å². The fraction of sp³-hybridized carbons (Fsp3) is 0.294. The summed E-state index contributed by atoms with van der Waals surface area (Å²) in [7, 11) is 1.90. The summed E-state index contributed by atoms with van der Waals surface area (Å²) in [5, 5.41) is 3.71. The third kappa shape index (κ3) is 3.20. The second kappa shape index (κ2) is 6.38. The SMILES string of the molecule is CNC(Cc1ccc(Cl)cc1F)c1cccc(C)c1C. The molecule has 3 heteroatoms. The Labute approximate surface area is 124 Å². The minimum atomic E-state index is -0.247. The van der Waals surface area contributed by atoms with E-state index in [1.807, 2.05) is 13.1 Å². The van der Waals surface area contributed by atoms with Crippen molar-refractivity contribution in [2.24, 2.45) is 0 Å². The van der Waals surface area contributed by atoms with Crippen molar-refractivity contribution in [3.8, 4) is 0 Å². The van der Waals surface area contributed by atoms with E-state index in [4.69, 9.17) is 11.6 Å². The van der Waals surface area contributed by atoms with Crippen LogP contribution in [-0.2, 0) is 6.42 Å². The second-order valence-corrected chi connectivity index (χ2v) is 5.51. The van der Waals surface area contributed by atoms with E-state index in [2.05, 4.69) is 31.3 Å². The van der Waals surface area contributed by atoms with E-state index < -0.39 is 0 Å². The van der Waals surface area contributed by atoms with Gasteiger partial charge in [0.15, 0.2) is 0 Å². The van der Waals surface area contributed by atoms with Crippen LogP contribution in [0.5, 0.6) is 0 Å². The van der Waals surface area contributed by atoms with Crippen LogP contribution in [0.25, 0.3) is 0 Å². The highest BCUT2D eigenvalue weighted by Gasteiger charge is 2.15. The Morgan fingerprint density at radius 3 is 2.60 bits per heavy atom. The third-order valence-electron chi connectivity index (χ3n) is 3.81. The maximum Gasteiger partial charge on any atom is 0.127 e. The van der Waals surface area contributed by atoms with Crippen LogP contribution in [0.1, 0.15) is 28.3 Å². The van der Waals surface area contributed by atoms with E-state index in [1.54, 1.807) is 12.1 Å². The van der Waals surface area contributed by atoms with Crippen LogP contribution in [0.2, 0.25) is 5.02 Å². The summed E-state index contributed by atoms with van der Waals surface area (Å²) in [6.07, 6.45) is 0.601. The van der Waals surface area contributed by atoms with E-state index in [9.17, 15) is 4.39 Å². The van der Waals surface area contributed by atoms with Gasteiger partial charge in [0.2, 0.25) is 0 Å². The standard InChI is InChI=1S/C17H19ClFN/c1-11-5-4-6-15(12(11)2)17(20-3)9-13-7-8-14(18)10-16(13)19/h4-8,10,17,20H,9H2,1-3H3. The van der Waals surface area contributed by atoms with Crippen molar-refractivity contribution in [3.05, 3.63) is 69.5 Å². The van der Waals surface area contributed by atoms with Gasteiger partial charge < -0.3 is 5.32 Å². The predicted molar refractivity (Wildman–Crippen MR) is 82.8 cm³/mol. The molecule has 2 aromatic rings. The zero-order valence-corrected chi connectivity index (χ0v) is 12.8. The maximum atomic E-state index is 13.9. The number of benzene rings is 2. The van der Waals surface area contributed by atoms with Crippen molar-refractivity contribution >= 4 is 11.6 Å². The summed E-state index contributed by atoms with van der Waals surface area (Å²) in [6, 6.07) is 11.2. The molecule has 0 aliphatic rings. The molecule has 0 aliphatic heterocycles. The minimum absolute atomic E-state index is 0.0885. The Morgan fingerprint density at radius 1 is 1.20 bits per heavy atom. The molecule has 0 heterocycles. The Kier molecular flexibility index (Phi) is 4.79. The van der Waals surface area contributed by atoms with Crippen molar-refractivity contribution in [1.29, 1.82) is 0 Å². The fourth-order valence-corrected chi connectivity index (χ4v) is 2.58. The lowest BCUT2D eigenvalue weighted by atomic mass is 9.93. The normalized spacial score (nSPS) is 12.4. The molecule has 0 radical (unpaired) electrons. The molecule has 1 unspecified atom stereocenters. The molecule has 0 saturated heterocycles. The Balaban J connectivity index is 2.31. The van der Waals surface area contributed by atoms with Crippen molar-refractivity contribution in [2.75, 3.05) is 7.05 Å². The monoisotopic (exact) mass is 291 g/mol. The Bertz CT molecular complexity index is 610. The zero-order chi connectivity index (χ0) is 14.7. The van der Waals surface area contributed by atoms with E-state index in [1.165, 1.54) is 22.8 Å². The molecule has 0 amide bonds. The topological polar surface area (TPSA) is 12.0 Å². The molecule has 2 rings (SSSR count). The van der Waals surface area contributed by atoms with Gasteiger partial charge in [0.05, 0.1) is 0 Å². The molecule has 1 N–H and O–H groups in total. The predicted octanol–water partition coefficient (Wildman–Crippen LogP) is 4.60. The summed E-state index contributed by atoms with van der Waals surface area (Å²) < 4.78 is 13.9. The molecule has 1 atom stereocenters. The first kappa shape index (κ1) is 15.0. The number of rotatable bonds is 4. The Hall–Kier alpha value is -1.38. The molecular formula is C17H19ClFN. The molecule has 0 aromatic heterocycles. The van der Waals surface area contributed by atoms with Crippen LogP contribution in [0.4, 0.5) is 4.39 Å². The number of aryl methyl sites for hydroxylation is 1. The van der Waals surface area contributed by atoms with Gasteiger partial charge in [-0.2, -0.15) is 0 Å². The molecule has 1 nitrogen and oxygen atoms in total. The maximum absolute atomic E-state index is 13.9. The van der Waals surface area contributed by atoms with Crippen LogP contribution in [0.3, 0.4) is 0 Å². The number of likely N-dealkylation sites (N-methyl/N-ethyl adjacent to an activating group) is 1. The van der Waals surface area contributed by atoms with Gasteiger partial charge in [-0.1, -0.05) is 35.9 Å². The van der Waals surface area contributed by atoms with Gasteiger partial charge in [-0.15, -0.1) is 0 Å². The molecule has 106 valence electrons. The number of halogens is 2. The van der Waals surface area contributed by atoms with E-state index in [-0.39, 0.29) is 11.9 Å². The highest BCUT2D eigenvalue weighted by molar-refractivity contribution is 6.30. The van der Waals surface area contributed by atoms with Crippen LogP contribution in [0.15, 0.2) is 36.4 Å². The number of hydrogen-bond acceptors (Lipinski definition) is 1. The quantitative estimate of drug-likeness (QED) is 0.868. The average Bonchev–Trinajstić information content (AvgIpc) is 2.42. The molecular weight excluding hydrogens is 273 g/mol. The van der Waals surface area contributed by atoms with E-state index in [0.717, 1.165) is 0 Å². The Morgan fingerprint density at radius 2 is 1.95 bits per heavy atom. The summed E-state index contributed by atoms with van der Waals surface area (Å²) in [5.41, 5.74) is 4.39. The average molecular weight is 292 g/mol. The van der Waals surface area contributed by atoms with Gasteiger partial charge >= 0.3 is 0 Å². The molecule has 0 aliphatic carbocycles. The number of hydrogen-bond donors (Lipinski definition) is 1. The van der Waals surface area contributed by atoms with Crippen LogP contribution in [0, 0.1) is 19.7 Å². The van der Waals surface area contributed by atoms with Crippen LogP contribution < -0.4 is 5.32 Å². The van der Waals surface area contributed by atoms with Crippen molar-refractivity contribution in [3.63, 3.8) is 0 Å². The van der Waals surface area contributed by atoms with Crippen LogP contribution in [-0.4, -0.2) is 7.05 Å². The second-order valence-electron chi connectivity index (χ2n) is 5.07. The summed E-state index contributed by atoms with van der Waals surface area (Å²) in [5.74, 6) is -0.247. The smallest absolute Gasteiger partial charge is 0.127 e. The first-order valence-electron chi connectivity index (χ1n) is 6.70. The first-order valence-corrected chi connectivity index (χ1v) is 7.08. The van der Waals surface area contributed by atoms with Crippen LogP contribution >= 0.6 is 11.6 Å². The summed E-state index contributed by atoms with van der Waals surface area (Å²) in [4.78, 5) is 0. The van der Waals surface area contributed by atoms with Gasteiger partial charge in [-0.05, 0) is 61.7 Å². The zero-order valence-electron chi connectivity index (χ0n) is 12.0. The number of nitrogens with one attached hydrogen (secondary N) is 1. The van der Waals surface area contributed by atoms with Crippen molar-refractivity contribution in [2.45, 2.75) is 26.3 Å². The molecule has 20 heavy (non-hydrogen) atoms. The van der Waals surface area contributed by atoms with Gasteiger partial charge in [-0.25, -0.2) is 4.39 Å². The summed E-state index contributed by atoms with van der Waals surface area (Å²) >= 11 is 5.79. The molecule has 0 fully saturated rings. The van der Waals surface area contributed by atoms with Gasteiger partial charge in [0.25, 0.3) is 0 Å². The summed E-state index contributed by atoms with van der Waals surface area (Å²) in [6.45, 7) is 4.20. The van der Waals surface area contributed by atoms with Gasteiger partial charge in [0, 0.05) is 11.1 Å². The molecule has 2 aromatic carbocycles. The van der Waals surface area contributed by atoms with Crippen molar-refractivity contribution < 1.29 is 4.39 Å². The largest absolute Gasteiger partial charge is 0.313 e. The highest BCUT2D eigenvalue weighted by atomic mass is 35.5. The molecule has 0 spiro atoms. The lowest BCUT2D eigenvalue weighted by Gasteiger charge is -2.20. The fourth-order valence-electron chi connectivity index (χ4n) is 2.43. The van der Waals surface area contributed by atoms with Gasteiger partial charge in [-0.3, -0.25) is 0 Å². The van der Waals surface area contributed by atoms with Gasteiger partial charge in [0.1, 0.15) is 5.82 Å². The van der Waals surface area contributed by atoms with E-state index in [0.29, 0.717) is 17.0 Å². The van der Waals surface area contributed by atoms with Crippen molar-refractivity contribution in [1.82, 2.24) is 5.32 Å². The molecule has 0 saturated carbocycles. The minimum Gasteiger partial charge on any atom is -0.313 e. The highest BCUT2D eigenvalue weighted by Crippen LogP contribution is 2.25. The lowest BCUT2D eigenvalue weighted by molar-refractivity contribution is 0.552.